The molecular formula is C28H31F2N7. The van der Waals surface area contributed by atoms with Crippen LogP contribution in [0.3, 0.4) is 0 Å². The minimum atomic E-state index is -0.600. The topological polar surface area (TPSA) is 69.5 Å². The first-order valence-electron chi connectivity index (χ1n) is 13.0. The fourth-order valence-corrected chi connectivity index (χ4v) is 5.89. The van der Waals surface area contributed by atoms with Crippen molar-refractivity contribution in [3.05, 3.63) is 59.4 Å². The molecule has 7 nitrogen and oxygen atoms in total. The fourth-order valence-electron chi connectivity index (χ4n) is 5.89. The molecule has 1 saturated heterocycles. The number of aliphatic imine (C=N–C) groups is 1. The molecule has 2 fully saturated rings. The number of nitrogens with one attached hydrogen (secondary N) is 1. The Bertz CT molecular complexity index is 1340. The molecule has 3 aliphatic rings. The summed E-state index contributed by atoms with van der Waals surface area (Å²) < 4.78 is 30.0. The van der Waals surface area contributed by atoms with Crippen LogP contribution < -0.4 is 5.32 Å². The van der Waals surface area contributed by atoms with Crippen LogP contribution in [-0.4, -0.2) is 63.7 Å². The molecule has 2 aromatic heterocycles. The van der Waals surface area contributed by atoms with Crippen LogP contribution >= 0.6 is 0 Å². The van der Waals surface area contributed by atoms with Crippen LogP contribution in [0.1, 0.15) is 43.7 Å². The summed E-state index contributed by atoms with van der Waals surface area (Å²) in [6.07, 6.45) is 6.99. The first-order chi connectivity index (χ1) is 17.9. The van der Waals surface area contributed by atoms with Crippen molar-refractivity contribution in [1.29, 1.82) is 0 Å². The molecule has 4 heterocycles. The second-order valence-electron chi connectivity index (χ2n) is 10.5. The molecular weight excluding hydrogens is 472 g/mol. The standard InChI is InChI=1S/C28H31F2N7/c1-18-28(7-3-4-8-28)21-13-20(14-22(29)26(21)33-18)25-23(30)16-32-27(35-25)34-24-6-5-19(15-31-24)17-37-11-9-36(2)10-12-37/h5-6,13-16H,3-4,7-12,17H2,1-2H3,(H,31,32,34,35). The number of anilines is 2. The van der Waals surface area contributed by atoms with Crippen LogP contribution in [0.25, 0.3) is 11.3 Å². The number of benzene rings is 1. The number of fused-ring (bicyclic) bond motifs is 2. The van der Waals surface area contributed by atoms with Crippen LogP contribution in [0.4, 0.5) is 26.2 Å². The quantitative estimate of drug-likeness (QED) is 0.515. The summed E-state index contributed by atoms with van der Waals surface area (Å²) in [6.45, 7) is 7.05. The number of likely N-dealkylation sites (N-methyl/N-ethyl adjacent to an activating group) is 1. The van der Waals surface area contributed by atoms with Gasteiger partial charge in [-0.1, -0.05) is 18.9 Å². The summed E-state index contributed by atoms with van der Waals surface area (Å²) in [5.74, 6) is -0.273. The molecule has 2 aliphatic heterocycles. The highest BCUT2D eigenvalue weighted by molar-refractivity contribution is 6.01. The second-order valence-corrected chi connectivity index (χ2v) is 10.5. The molecule has 0 unspecified atom stereocenters. The minimum Gasteiger partial charge on any atom is -0.309 e. The van der Waals surface area contributed by atoms with Crippen molar-refractivity contribution < 1.29 is 8.78 Å². The zero-order chi connectivity index (χ0) is 25.6. The van der Waals surface area contributed by atoms with E-state index in [1.807, 2.05) is 31.3 Å². The molecule has 0 radical (unpaired) electrons. The molecule has 1 spiro atoms. The van der Waals surface area contributed by atoms with Crippen LogP contribution in [-0.2, 0) is 12.0 Å². The number of hydrogen-bond donors (Lipinski definition) is 1. The first kappa shape index (κ1) is 24.1. The normalized spacial score (nSPS) is 19.3. The van der Waals surface area contributed by atoms with Crippen LogP contribution in [0, 0.1) is 11.6 Å². The Labute approximate surface area is 215 Å². The molecule has 1 aliphatic carbocycles. The van der Waals surface area contributed by atoms with Gasteiger partial charge in [0.15, 0.2) is 5.82 Å². The lowest BCUT2D eigenvalue weighted by atomic mass is 9.76. The van der Waals surface area contributed by atoms with Crippen molar-refractivity contribution in [1.82, 2.24) is 24.8 Å². The van der Waals surface area contributed by atoms with E-state index < -0.39 is 11.6 Å². The van der Waals surface area contributed by atoms with Crippen LogP contribution in [0.5, 0.6) is 0 Å². The molecule has 6 rings (SSSR count). The lowest BCUT2D eigenvalue weighted by Gasteiger charge is -2.32. The van der Waals surface area contributed by atoms with Gasteiger partial charge in [0.05, 0.1) is 6.20 Å². The zero-order valence-corrected chi connectivity index (χ0v) is 21.3. The summed E-state index contributed by atoms with van der Waals surface area (Å²) in [6, 6.07) is 7.09. The molecule has 0 atom stereocenters. The Balaban J connectivity index is 1.22. The van der Waals surface area contributed by atoms with E-state index in [4.69, 9.17) is 0 Å². The lowest BCUT2D eigenvalue weighted by molar-refractivity contribution is 0.148. The zero-order valence-electron chi connectivity index (χ0n) is 21.3. The second kappa shape index (κ2) is 9.54. The van der Waals surface area contributed by atoms with E-state index in [0.29, 0.717) is 17.1 Å². The predicted molar refractivity (Wildman–Crippen MR) is 141 cm³/mol. The molecule has 1 aromatic carbocycles. The van der Waals surface area contributed by atoms with Crippen LogP contribution in [0.2, 0.25) is 0 Å². The third kappa shape index (κ3) is 4.51. The van der Waals surface area contributed by atoms with Gasteiger partial charge in [-0.15, -0.1) is 0 Å². The van der Waals surface area contributed by atoms with Crippen molar-refractivity contribution in [2.75, 3.05) is 38.5 Å². The number of hydrogen-bond acceptors (Lipinski definition) is 7. The Kier molecular flexibility index (Phi) is 6.20. The largest absolute Gasteiger partial charge is 0.309 e. The summed E-state index contributed by atoms with van der Waals surface area (Å²) in [4.78, 5) is 22.3. The third-order valence-corrected chi connectivity index (χ3v) is 8.09. The van der Waals surface area contributed by atoms with Gasteiger partial charge in [0.25, 0.3) is 0 Å². The predicted octanol–water partition coefficient (Wildman–Crippen LogP) is 5.23. The van der Waals surface area contributed by atoms with E-state index >= 15 is 4.39 Å². The number of piperazine rings is 1. The Morgan fingerprint density at radius 1 is 0.973 bits per heavy atom. The van der Waals surface area contributed by atoms with Crippen molar-refractivity contribution >= 4 is 23.2 Å². The van der Waals surface area contributed by atoms with E-state index in [0.717, 1.165) is 81.4 Å². The summed E-state index contributed by atoms with van der Waals surface area (Å²) >= 11 is 0. The van der Waals surface area contributed by atoms with Gasteiger partial charge in [-0.05, 0) is 56.1 Å². The summed E-state index contributed by atoms with van der Waals surface area (Å²) in [5.41, 5.74) is 3.52. The highest BCUT2D eigenvalue weighted by Gasteiger charge is 2.44. The molecule has 3 aromatic rings. The van der Waals surface area contributed by atoms with E-state index in [1.54, 1.807) is 0 Å². The summed E-state index contributed by atoms with van der Waals surface area (Å²) in [7, 11) is 2.14. The van der Waals surface area contributed by atoms with Gasteiger partial charge < -0.3 is 10.2 Å². The molecule has 0 bridgehead atoms. The van der Waals surface area contributed by atoms with Crippen molar-refractivity contribution in [2.24, 2.45) is 4.99 Å². The fraction of sp³-hybridized carbons (Fsp3) is 0.429. The van der Waals surface area contributed by atoms with E-state index in [1.165, 1.54) is 6.07 Å². The van der Waals surface area contributed by atoms with E-state index in [2.05, 4.69) is 42.1 Å². The smallest absolute Gasteiger partial charge is 0.229 e. The van der Waals surface area contributed by atoms with Gasteiger partial charge in [0.2, 0.25) is 5.95 Å². The van der Waals surface area contributed by atoms with Crippen molar-refractivity contribution in [3.8, 4) is 11.3 Å². The highest BCUT2D eigenvalue weighted by atomic mass is 19.1. The number of aromatic nitrogens is 3. The first-order valence-corrected chi connectivity index (χ1v) is 13.0. The van der Waals surface area contributed by atoms with Gasteiger partial charge >= 0.3 is 0 Å². The molecule has 37 heavy (non-hydrogen) atoms. The molecule has 1 saturated carbocycles. The SMILES string of the molecule is CC1=Nc2c(F)cc(-c3nc(Nc4ccc(CN5CCN(C)CC5)cn4)ncc3F)cc2C12CCCC2. The van der Waals surface area contributed by atoms with Gasteiger partial charge in [-0.2, -0.15) is 0 Å². The third-order valence-electron chi connectivity index (χ3n) is 8.09. The van der Waals surface area contributed by atoms with Gasteiger partial charge in [0, 0.05) is 55.6 Å². The Hall–Kier alpha value is -3.30. The van der Waals surface area contributed by atoms with Crippen molar-refractivity contribution in [3.63, 3.8) is 0 Å². The average molecular weight is 504 g/mol. The Morgan fingerprint density at radius 3 is 2.49 bits per heavy atom. The molecule has 192 valence electrons. The maximum Gasteiger partial charge on any atom is 0.229 e. The molecule has 9 heteroatoms. The average Bonchev–Trinajstić information content (AvgIpc) is 3.50. The van der Waals surface area contributed by atoms with Gasteiger partial charge in [0.1, 0.15) is 23.0 Å². The highest BCUT2D eigenvalue weighted by Crippen LogP contribution is 2.52. The van der Waals surface area contributed by atoms with E-state index in [-0.39, 0.29) is 17.1 Å². The number of rotatable bonds is 5. The number of pyridine rings is 1. The van der Waals surface area contributed by atoms with E-state index in [9.17, 15) is 4.39 Å². The lowest BCUT2D eigenvalue weighted by Crippen LogP contribution is -2.43. The molecule has 0 amide bonds. The van der Waals surface area contributed by atoms with Crippen LogP contribution in [0.15, 0.2) is 41.7 Å². The number of halogens is 2. The minimum absolute atomic E-state index is 0.0589. The van der Waals surface area contributed by atoms with Gasteiger partial charge in [-0.3, -0.25) is 9.89 Å². The molecule has 1 N–H and O–H groups in total. The Morgan fingerprint density at radius 2 is 1.76 bits per heavy atom. The van der Waals surface area contributed by atoms with Crippen molar-refractivity contribution in [2.45, 2.75) is 44.6 Å². The summed E-state index contributed by atoms with van der Waals surface area (Å²) in [5, 5.41) is 3.06. The van der Waals surface area contributed by atoms with Gasteiger partial charge in [-0.25, -0.2) is 23.7 Å². The maximum atomic E-state index is 15.1. The monoisotopic (exact) mass is 503 g/mol. The number of nitrogens with zero attached hydrogens (tertiary/aromatic N) is 6. The maximum absolute atomic E-state index is 15.1.